The molecule has 2 atom stereocenters. The third-order valence-corrected chi connectivity index (χ3v) is 5.38. The summed E-state index contributed by atoms with van der Waals surface area (Å²) < 4.78 is 46.6. The normalized spacial score (nSPS) is 18.7. The van der Waals surface area contributed by atoms with Crippen molar-refractivity contribution in [2.45, 2.75) is 38.1 Å². The highest BCUT2D eigenvalue weighted by molar-refractivity contribution is 5.80. The number of amides is 1. The topological polar surface area (TPSA) is 64.4 Å². The van der Waals surface area contributed by atoms with Crippen molar-refractivity contribution in [2.24, 2.45) is 5.92 Å². The second-order valence-electron chi connectivity index (χ2n) is 7.48. The first-order valence-electron chi connectivity index (χ1n) is 10.0. The molecule has 1 fully saturated rings. The molecule has 1 aliphatic rings. The third kappa shape index (κ3) is 5.25. The van der Waals surface area contributed by atoms with Crippen LogP contribution in [0.3, 0.4) is 0 Å². The average molecular weight is 430 g/mol. The number of hydrogen-bond acceptors (Lipinski definition) is 4. The molecule has 1 amide bonds. The number of halogens is 3. The van der Waals surface area contributed by atoms with E-state index < -0.39 is 6.36 Å². The molecule has 3 aromatic rings. The lowest BCUT2D eigenvalue weighted by Gasteiger charge is -2.17. The molecule has 4 rings (SSSR count). The van der Waals surface area contributed by atoms with E-state index in [0.717, 1.165) is 24.8 Å². The first-order chi connectivity index (χ1) is 14.9. The van der Waals surface area contributed by atoms with Crippen molar-refractivity contribution in [3.63, 3.8) is 0 Å². The third-order valence-electron chi connectivity index (χ3n) is 5.38. The van der Waals surface area contributed by atoms with Gasteiger partial charge in [0.25, 0.3) is 0 Å². The Morgan fingerprint density at radius 2 is 1.84 bits per heavy atom. The molecular weight excluding hydrogens is 409 g/mol. The van der Waals surface area contributed by atoms with Gasteiger partial charge in [-0.25, -0.2) is 4.98 Å². The van der Waals surface area contributed by atoms with Crippen molar-refractivity contribution in [2.75, 3.05) is 0 Å². The molecule has 0 radical (unpaired) electrons. The SMILES string of the molecule is O=C(NCc1ccc(OC(F)(F)F)cc1)[C@@H]1CCC[C@H]1c1ncc(-c2ccccc2)o1. The number of carbonyl (C=O) groups excluding carboxylic acids is 1. The standard InChI is InChI=1S/C23H21F3N2O3/c24-23(25,26)31-17-11-9-15(10-12-17)13-27-21(29)18-7-4-8-19(18)22-28-14-20(30-22)16-5-2-1-3-6-16/h1-3,5-6,9-12,14,18-19H,4,7-8,13H2,(H,27,29)/t18-,19-/m1/s1. The molecule has 0 bridgehead atoms. The van der Waals surface area contributed by atoms with Gasteiger partial charge in [-0.3, -0.25) is 4.79 Å². The Hall–Kier alpha value is -3.29. The first-order valence-corrected chi connectivity index (χ1v) is 10.0. The first kappa shape index (κ1) is 21.0. The van der Waals surface area contributed by atoms with E-state index in [1.807, 2.05) is 30.3 Å². The van der Waals surface area contributed by atoms with Crippen LogP contribution in [0.4, 0.5) is 13.2 Å². The van der Waals surface area contributed by atoms with Crippen molar-refractivity contribution in [3.8, 4) is 17.1 Å². The predicted octanol–water partition coefficient (Wildman–Crippen LogP) is 5.44. The summed E-state index contributed by atoms with van der Waals surface area (Å²) in [6.07, 6.45) is -0.598. The van der Waals surface area contributed by atoms with E-state index in [0.29, 0.717) is 17.2 Å². The van der Waals surface area contributed by atoms with Crippen molar-refractivity contribution >= 4 is 5.91 Å². The fraction of sp³-hybridized carbons (Fsp3) is 0.304. The second-order valence-corrected chi connectivity index (χ2v) is 7.48. The van der Waals surface area contributed by atoms with E-state index in [4.69, 9.17) is 4.42 Å². The van der Waals surface area contributed by atoms with Gasteiger partial charge < -0.3 is 14.5 Å². The summed E-state index contributed by atoms with van der Waals surface area (Å²) in [5, 5.41) is 2.88. The van der Waals surface area contributed by atoms with Crippen LogP contribution in [0.15, 0.2) is 65.2 Å². The Balaban J connectivity index is 1.37. The number of oxazole rings is 1. The Morgan fingerprint density at radius 3 is 2.55 bits per heavy atom. The molecule has 162 valence electrons. The van der Waals surface area contributed by atoms with Crippen LogP contribution in [0.5, 0.6) is 5.75 Å². The number of ether oxygens (including phenoxy) is 1. The Bertz CT molecular complexity index is 1020. The number of nitrogens with one attached hydrogen (secondary N) is 1. The number of hydrogen-bond donors (Lipinski definition) is 1. The Labute approximate surface area is 177 Å². The Kier molecular flexibility index (Phi) is 5.97. The van der Waals surface area contributed by atoms with Crippen LogP contribution in [-0.4, -0.2) is 17.3 Å². The molecule has 1 saturated carbocycles. The van der Waals surface area contributed by atoms with E-state index >= 15 is 0 Å². The number of rotatable bonds is 6. The summed E-state index contributed by atoms with van der Waals surface area (Å²) in [4.78, 5) is 17.2. The average Bonchev–Trinajstić information content (AvgIpc) is 3.42. The van der Waals surface area contributed by atoms with Gasteiger partial charge in [-0.1, -0.05) is 48.9 Å². The molecular formula is C23H21F3N2O3. The van der Waals surface area contributed by atoms with Crippen molar-refractivity contribution < 1.29 is 27.1 Å². The van der Waals surface area contributed by atoms with E-state index in [-0.39, 0.29) is 30.0 Å². The fourth-order valence-corrected chi connectivity index (χ4v) is 3.89. The highest BCUT2D eigenvalue weighted by Gasteiger charge is 2.37. The second kappa shape index (κ2) is 8.83. The molecule has 5 nitrogen and oxygen atoms in total. The van der Waals surface area contributed by atoms with Gasteiger partial charge in [-0.05, 0) is 30.5 Å². The maximum atomic E-state index is 12.8. The van der Waals surface area contributed by atoms with Gasteiger partial charge in [0, 0.05) is 23.9 Å². The number of alkyl halides is 3. The number of nitrogens with zero attached hydrogens (tertiary/aromatic N) is 1. The summed E-state index contributed by atoms with van der Waals surface area (Å²) in [6.45, 7) is 0.217. The van der Waals surface area contributed by atoms with Crippen molar-refractivity contribution in [1.29, 1.82) is 0 Å². The minimum absolute atomic E-state index is 0.0972. The van der Waals surface area contributed by atoms with Crippen LogP contribution in [0.2, 0.25) is 0 Å². The van der Waals surface area contributed by atoms with Crippen LogP contribution in [0, 0.1) is 5.92 Å². The molecule has 1 aliphatic carbocycles. The highest BCUT2D eigenvalue weighted by Crippen LogP contribution is 2.40. The molecule has 0 spiro atoms. The molecule has 0 unspecified atom stereocenters. The van der Waals surface area contributed by atoms with E-state index in [2.05, 4.69) is 15.0 Å². The van der Waals surface area contributed by atoms with Gasteiger partial charge in [-0.15, -0.1) is 13.2 Å². The monoisotopic (exact) mass is 430 g/mol. The fourth-order valence-electron chi connectivity index (χ4n) is 3.89. The lowest BCUT2D eigenvalue weighted by Crippen LogP contribution is -2.31. The zero-order valence-electron chi connectivity index (χ0n) is 16.6. The van der Waals surface area contributed by atoms with Gasteiger partial charge in [0.15, 0.2) is 11.7 Å². The van der Waals surface area contributed by atoms with Gasteiger partial charge in [-0.2, -0.15) is 0 Å². The van der Waals surface area contributed by atoms with Crippen LogP contribution in [0.25, 0.3) is 11.3 Å². The van der Waals surface area contributed by atoms with Crippen molar-refractivity contribution in [3.05, 3.63) is 72.2 Å². The lowest BCUT2D eigenvalue weighted by atomic mass is 9.95. The summed E-state index contributed by atoms with van der Waals surface area (Å²) in [5.41, 5.74) is 1.61. The van der Waals surface area contributed by atoms with Crippen LogP contribution in [-0.2, 0) is 11.3 Å². The molecule has 1 aromatic heterocycles. The van der Waals surface area contributed by atoms with Gasteiger partial charge in [0.05, 0.1) is 6.20 Å². The summed E-state index contributed by atoms with van der Waals surface area (Å²) >= 11 is 0. The number of aromatic nitrogens is 1. The quantitative estimate of drug-likeness (QED) is 0.566. The zero-order chi connectivity index (χ0) is 21.8. The maximum absolute atomic E-state index is 12.8. The Morgan fingerprint density at radius 1 is 1.10 bits per heavy atom. The smallest absolute Gasteiger partial charge is 0.440 e. The zero-order valence-corrected chi connectivity index (χ0v) is 16.6. The predicted molar refractivity (Wildman–Crippen MR) is 107 cm³/mol. The molecule has 31 heavy (non-hydrogen) atoms. The van der Waals surface area contributed by atoms with Gasteiger partial charge >= 0.3 is 6.36 Å². The van der Waals surface area contributed by atoms with Gasteiger partial charge in [0.1, 0.15) is 5.75 Å². The largest absolute Gasteiger partial charge is 0.573 e. The maximum Gasteiger partial charge on any atom is 0.573 e. The minimum Gasteiger partial charge on any atom is -0.440 e. The van der Waals surface area contributed by atoms with Crippen LogP contribution < -0.4 is 10.1 Å². The van der Waals surface area contributed by atoms with E-state index in [1.54, 1.807) is 6.20 Å². The van der Waals surface area contributed by atoms with Gasteiger partial charge in [0.2, 0.25) is 5.91 Å². The summed E-state index contributed by atoms with van der Waals surface area (Å²) in [7, 11) is 0. The lowest BCUT2D eigenvalue weighted by molar-refractivity contribution is -0.274. The molecule has 0 aliphatic heterocycles. The molecule has 2 aromatic carbocycles. The molecule has 1 heterocycles. The van der Waals surface area contributed by atoms with E-state index in [1.165, 1.54) is 24.3 Å². The van der Waals surface area contributed by atoms with Crippen LogP contribution >= 0.6 is 0 Å². The number of benzene rings is 2. The summed E-state index contributed by atoms with van der Waals surface area (Å²) in [6, 6.07) is 15.1. The highest BCUT2D eigenvalue weighted by atomic mass is 19.4. The molecule has 1 N–H and O–H groups in total. The minimum atomic E-state index is -4.73. The molecule has 0 saturated heterocycles. The summed E-state index contributed by atoms with van der Waals surface area (Å²) in [5.74, 6) is 0.470. The van der Waals surface area contributed by atoms with Crippen LogP contribution in [0.1, 0.15) is 36.6 Å². The molecule has 8 heteroatoms. The van der Waals surface area contributed by atoms with Crippen molar-refractivity contribution in [1.82, 2.24) is 10.3 Å². The van der Waals surface area contributed by atoms with E-state index in [9.17, 15) is 18.0 Å². The number of carbonyl (C=O) groups is 1.